The quantitative estimate of drug-likeness (QED) is 0.921. The van der Waals surface area contributed by atoms with Crippen LogP contribution in [0.4, 0.5) is 0 Å². The van der Waals surface area contributed by atoms with Crippen molar-refractivity contribution in [2.45, 2.75) is 32.9 Å². The fourth-order valence-electron chi connectivity index (χ4n) is 1.77. The summed E-state index contributed by atoms with van der Waals surface area (Å²) in [6.07, 6.45) is 2.84. The molecule has 0 saturated carbocycles. The molecule has 98 valence electrons. The van der Waals surface area contributed by atoms with E-state index in [0.717, 1.165) is 17.9 Å². The van der Waals surface area contributed by atoms with Crippen molar-refractivity contribution in [3.8, 4) is 0 Å². The molecular formula is C12H16BrN3O2. The van der Waals surface area contributed by atoms with Crippen molar-refractivity contribution < 1.29 is 9.52 Å². The van der Waals surface area contributed by atoms with Gasteiger partial charge in [-0.25, -0.2) is 9.67 Å². The molecule has 0 aliphatic heterocycles. The van der Waals surface area contributed by atoms with Crippen molar-refractivity contribution in [1.82, 2.24) is 14.8 Å². The number of nitrogens with zero attached hydrogens (tertiary/aromatic N) is 3. The molecule has 1 N–H and O–H groups in total. The van der Waals surface area contributed by atoms with Crippen LogP contribution in [-0.2, 0) is 13.0 Å². The van der Waals surface area contributed by atoms with Crippen LogP contribution in [0.1, 0.15) is 31.3 Å². The molecule has 5 nitrogen and oxygen atoms in total. The maximum Gasteiger partial charge on any atom is 0.174 e. The van der Waals surface area contributed by atoms with E-state index in [1.54, 1.807) is 12.3 Å². The van der Waals surface area contributed by atoms with Crippen LogP contribution in [0.15, 0.2) is 27.7 Å². The van der Waals surface area contributed by atoms with Crippen molar-refractivity contribution in [2.24, 2.45) is 5.92 Å². The Morgan fingerprint density at radius 1 is 1.50 bits per heavy atom. The molecule has 0 aliphatic rings. The van der Waals surface area contributed by atoms with Crippen molar-refractivity contribution in [1.29, 1.82) is 0 Å². The van der Waals surface area contributed by atoms with Crippen molar-refractivity contribution >= 4 is 15.9 Å². The number of halogens is 1. The largest absolute Gasteiger partial charge is 0.457 e. The van der Waals surface area contributed by atoms with Gasteiger partial charge in [0.15, 0.2) is 4.67 Å². The fourth-order valence-corrected chi connectivity index (χ4v) is 2.27. The number of rotatable bonds is 5. The molecule has 6 heteroatoms. The van der Waals surface area contributed by atoms with E-state index in [1.165, 1.54) is 6.33 Å². The summed E-state index contributed by atoms with van der Waals surface area (Å²) in [5.74, 6) is 1.27. The monoisotopic (exact) mass is 313 g/mol. The highest BCUT2D eigenvalue weighted by atomic mass is 79.9. The molecule has 2 rings (SSSR count). The topological polar surface area (TPSA) is 64.1 Å². The zero-order chi connectivity index (χ0) is 13.1. The van der Waals surface area contributed by atoms with Crippen LogP contribution in [0.3, 0.4) is 0 Å². The van der Waals surface area contributed by atoms with Crippen LogP contribution < -0.4 is 0 Å². The lowest BCUT2D eigenvalue weighted by Gasteiger charge is -2.11. The molecule has 1 atom stereocenters. The number of hydrogen-bond donors (Lipinski definition) is 1. The number of hydrogen-bond acceptors (Lipinski definition) is 4. The molecule has 18 heavy (non-hydrogen) atoms. The van der Waals surface area contributed by atoms with Crippen LogP contribution in [0.25, 0.3) is 0 Å². The zero-order valence-electron chi connectivity index (χ0n) is 10.4. The summed E-state index contributed by atoms with van der Waals surface area (Å²) in [6, 6.07) is 1.75. The molecule has 0 radical (unpaired) electrons. The summed E-state index contributed by atoms with van der Waals surface area (Å²) in [5.41, 5.74) is 0.731. The minimum absolute atomic E-state index is 0.421. The molecule has 0 amide bonds. The molecule has 2 aromatic rings. The Kier molecular flexibility index (Phi) is 4.19. The highest BCUT2D eigenvalue weighted by Crippen LogP contribution is 2.26. The molecule has 2 aromatic heterocycles. The summed E-state index contributed by atoms with van der Waals surface area (Å²) in [6.45, 7) is 5.04. The van der Waals surface area contributed by atoms with Crippen LogP contribution in [0.5, 0.6) is 0 Å². The van der Waals surface area contributed by atoms with Crippen LogP contribution in [0, 0.1) is 5.92 Å². The zero-order valence-corrected chi connectivity index (χ0v) is 12.0. The summed E-state index contributed by atoms with van der Waals surface area (Å²) in [5, 5.41) is 14.3. The van der Waals surface area contributed by atoms with Gasteiger partial charge in [0, 0.05) is 18.5 Å². The maximum atomic E-state index is 10.1. The van der Waals surface area contributed by atoms with E-state index in [9.17, 15) is 5.11 Å². The number of aromatic nitrogens is 3. The molecule has 0 bridgehead atoms. The van der Waals surface area contributed by atoms with Crippen molar-refractivity contribution in [3.05, 3.63) is 34.7 Å². The van der Waals surface area contributed by atoms with E-state index in [4.69, 9.17) is 4.42 Å². The first-order chi connectivity index (χ1) is 8.58. The second-order valence-electron chi connectivity index (χ2n) is 4.62. The second-order valence-corrected chi connectivity index (χ2v) is 5.34. The normalized spacial score (nSPS) is 13.2. The fraction of sp³-hybridized carbons (Fsp3) is 0.500. The minimum Gasteiger partial charge on any atom is -0.457 e. The maximum absolute atomic E-state index is 10.1. The van der Waals surface area contributed by atoms with Crippen molar-refractivity contribution in [2.75, 3.05) is 0 Å². The van der Waals surface area contributed by atoms with E-state index in [0.29, 0.717) is 17.0 Å². The third kappa shape index (κ3) is 3.00. The summed E-state index contributed by atoms with van der Waals surface area (Å²) >= 11 is 3.26. The summed E-state index contributed by atoms with van der Waals surface area (Å²) in [7, 11) is 0. The first-order valence-corrected chi connectivity index (χ1v) is 6.65. The highest BCUT2D eigenvalue weighted by Gasteiger charge is 2.17. The first kappa shape index (κ1) is 13.3. The van der Waals surface area contributed by atoms with Gasteiger partial charge in [0.2, 0.25) is 0 Å². The van der Waals surface area contributed by atoms with Crippen molar-refractivity contribution in [3.63, 3.8) is 0 Å². The highest BCUT2D eigenvalue weighted by molar-refractivity contribution is 9.10. The Balaban J connectivity index is 2.10. The van der Waals surface area contributed by atoms with E-state index >= 15 is 0 Å². The Labute approximate surface area is 114 Å². The van der Waals surface area contributed by atoms with Crippen LogP contribution in [-0.4, -0.2) is 19.9 Å². The first-order valence-electron chi connectivity index (χ1n) is 5.85. The Morgan fingerprint density at radius 3 is 2.89 bits per heavy atom. The summed E-state index contributed by atoms with van der Waals surface area (Å²) < 4.78 is 7.51. The van der Waals surface area contributed by atoms with Gasteiger partial charge in [0.1, 0.15) is 12.2 Å². The number of furan rings is 1. The molecule has 1 unspecified atom stereocenters. The summed E-state index contributed by atoms with van der Waals surface area (Å²) in [4.78, 5) is 4.19. The molecule has 0 aliphatic carbocycles. The SMILES string of the molecule is CC(C)Cn1ncnc1CC(O)c1ccoc1Br. The van der Waals surface area contributed by atoms with E-state index in [-0.39, 0.29) is 0 Å². The molecule has 0 saturated heterocycles. The van der Waals surface area contributed by atoms with E-state index < -0.39 is 6.10 Å². The predicted molar refractivity (Wildman–Crippen MR) is 69.9 cm³/mol. The molecular weight excluding hydrogens is 298 g/mol. The van der Waals surface area contributed by atoms with Gasteiger partial charge in [0.25, 0.3) is 0 Å². The molecule has 0 fully saturated rings. The third-order valence-corrected chi connectivity index (χ3v) is 3.26. The Bertz CT molecular complexity index is 507. The Hall–Kier alpha value is -1.14. The average Bonchev–Trinajstić information content (AvgIpc) is 2.88. The predicted octanol–water partition coefficient (Wildman–Crippen LogP) is 2.57. The van der Waals surface area contributed by atoms with Crippen LogP contribution in [0.2, 0.25) is 0 Å². The lowest BCUT2D eigenvalue weighted by atomic mass is 10.1. The van der Waals surface area contributed by atoms with Gasteiger partial charge < -0.3 is 9.52 Å². The minimum atomic E-state index is -0.645. The molecule has 2 heterocycles. The van der Waals surface area contributed by atoms with Gasteiger partial charge in [-0.05, 0) is 27.9 Å². The lowest BCUT2D eigenvalue weighted by Crippen LogP contribution is -2.13. The standard InChI is InChI=1S/C12H16BrN3O2/c1-8(2)6-16-11(14-7-15-16)5-10(17)9-3-4-18-12(9)13/h3-4,7-8,10,17H,5-6H2,1-2H3. The van der Waals surface area contributed by atoms with E-state index in [2.05, 4.69) is 39.9 Å². The number of aliphatic hydroxyl groups excluding tert-OH is 1. The van der Waals surface area contributed by atoms with Gasteiger partial charge in [-0.3, -0.25) is 0 Å². The molecule has 0 aromatic carbocycles. The van der Waals surface area contributed by atoms with Crippen LogP contribution >= 0.6 is 15.9 Å². The van der Waals surface area contributed by atoms with Gasteiger partial charge >= 0.3 is 0 Å². The number of aliphatic hydroxyl groups is 1. The Morgan fingerprint density at radius 2 is 2.28 bits per heavy atom. The lowest BCUT2D eigenvalue weighted by molar-refractivity contribution is 0.171. The van der Waals surface area contributed by atoms with Gasteiger partial charge in [-0.1, -0.05) is 13.8 Å². The smallest absolute Gasteiger partial charge is 0.174 e. The van der Waals surface area contributed by atoms with Gasteiger partial charge in [-0.15, -0.1) is 0 Å². The van der Waals surface area contributed by atoms with Gasteiger partial charge in [0.05, 0.1) is 12.4 Å². The van der Waals surface area contributed by atoms with Gasteiger partial charge in [-0.2, -0.15) is 5.10 Å². The average molecular weight is 314 g/mol. The third-order valence-electron chi connectivity index (χ3n) is 2.61. The van der Waals surface area contributed by atoms with E-state index in [1.807, 2.05) is 4.68 Å². The second kappa shape index (κ2) is 5.67. The molecule has 0 spiro atoms.